The van der Waals surface area contributed by atoms with Gasteiger partial charge >= 0.3 is 11.9 Å². The van der Waals surface area contributed by atoms with Gasteiger partial charge in [0.05, 0.1) is 5.56 Å². The van der Waals surface area contributed by atoms with Crippen LogP contribution in [0.3, 0.4) is 0 Å². The Morgan fingerprint density at radius 1 is 1.41 bits per heavy atom. The summed E-state index contributed by atoms with van der Waals surface area (Å²) in [4.78, 5) is 21.2. The van der Waals surface area contributed by atoms with Gasteiger partial charge in [-0.05, 0) is 24.6 Å². The Kier molecular flexibility index (Phi) is 4.03. The first-order valence-corrected chi connectivity index (χ1v) is 4.88. The Bertz CT molecular complexity index is 443. The average Bonchev–Trinajstić information content (AvgIpc) is 2.26. The molecule has 17 heavy (non-hydrogen) atoms. The van der Waals surface area contributed by atoms with Crippen molar-refractivity contribution in [2.75, 3.05) is 0 Å². The number of carboxylic acids is 2. The van der Waals surface area contributed by atoms with Crippen molar-refractivity contribution in [3.8, 4) is 5.75 Å². The number of hydrogen-bond acceptors (Lipinski definition) is 3. The summed E-state index contributed by atoms with van der Waals surface area (Å²) >= 11 is 0. The Hall–Kier alpha value is -2.11. The van der Waals surface area contributed by atoms with Crippen LogP contribution in [0.5, 0.6) is 5.75 Å². The minimum atomic E-state index is -1.26. The molecule has 6 heteroatoms. The molecule has 0 saturated carbocycles. The van der Waals surface area contributed by atoms with E-state index in [4.69, 9.17) is 14.9 Å². The van der Waals surface area contributed by atoms with E-state index in [1.807, 2.05) is 0 Å². The molecule has 0 radical (unpaired) electrons. The van der Waals surface area contributed by atoms with Crippen LogP contribution in [-0.2, 0) is 4.79 Å². The lowest BCUT2D eigenvalue weighted by molar-refractivity contribution is -0.145. The summed E-state index contributed by atoms with van der Waals surface area (Å²) in [6, 6.07) is 3.03. The topological polar surface area (TPSA) is 83.8 Å². The van der Waals surface area contributed by atoms with Gasteiger partial charge in [0.25, 0.3) is 0 Å². The molecule has 2 N–H and O–H groups in total. The van der Waals surface area contributed by atoms with Gasteiger partial charge in [0.15, 0.2) is 17.7 Å². The molecule has 0 aliphatic carbocycles. The van der Waals surface area contributed by atoms with Gasteiger partial charge in [0.1, 0.15) is 0 Å². The summed E-state index contributed by atoms with van der Waals surface area (Å²) in [6.07, 6.45) is -0.977. The van der Waals surface area contributed by atoms with Crippen molar-refractivity contribution in [2.45, 2.75) is 19.4 Å². The smallest absolute Gasteiger partial charge is 0.344 e. The molecule has 1 unspecified atom stereocenters. The van der Waals surface area contributed by atoms with Crippen LogP contribution in [-0.4, -0.2) is 28.3 Å². The molecule has 1 atom stereocenters. The van der Waals surface area contributed by atoms with Gasteiger partial charge in [0.2, 0.25) is 0 Å². The van der Waals surface area contributed by atoms with E-state index in [1.165, 1.54) is 0 Å². The van der Waals surface area contributed by atoms with Crippen LogP contribution in [0.2, 0.25) is 0 Å². The lowest BCUT2D eigenvalue weighted by Crippen LogP contribution is -2.26. The Morgan fingerprint density at radius 2 is 2.06 bits per heavy atom. The number of aliphatic carboxylic acids is 1. The van der Waals surface area contributed by atoms with E-state index in [-0.39, 0.29) is 17.7 Å². The van der Waals surface area contributed by atoms with Crippen molar-refractivity contribution >= 4 is 11.9 Å². The summed E-state index contributed by atoms with van der Waals surface area (Å²) in [5.41, 5.74) is -0.224. The first kappa shape index (κ1) is 13.0. The number of rotatable bonds is 5. The van der Waals surface area contributed by atoms with Crippen molar-refractivity contribution in [3.63, 3.8) is 0 Å². The van der Waals surface area contributed by atoms with Gasteiger partial charge in [-0.25, -0.2) is 14.0 Å². The fourth-order valence-corrected chi connectivity index (χ4v) is 1.19. The lowest BCUT2D eigenvalue weighted by atomic mass is 10.2. The minimum Gasteiger partial charge on any atom is -0.479 e. The van der Waals surface area contributed by atoms with E-state index in [1.54, 1.807) is 6.92 Å². The number of carbonyl (C=O) groups is 2. The van der Waals surface area contributed by atoms with Crippen LogP contribution in [0.25, 0.3) is 0 Å². The molecule has 0 aromatic heterocycles. The molecule has 0 amide bonds. The molecule has 0 spiro atoms. The van der Waals surface area contributed by atoms with E-state index >= 15 is 0 Å². The summed E-state index contributed by atoms with van der Waals surface area (Å²) in [5, 5.41) is 17.3. The lowest BCUT2D eigenvalue weighted by Gasteiger charge is -2.13. The highest BCUT2D eigenvalue weighted by atomic mass is 19.1. The van der Waals surface area contributed by atoms with Gasteiger partial charge in [-0.15, -0.1) is 0 Å². The first-order chi connectivity index (χ1) is 7.95. The zero-order valence-electron chi connectivity index (χ0n) is 9.01. The van der Waals surface area contributed by atoms with Crippen LogP contribution in [0.15, 0.2) is 18.2 Å². The van der Waals surface area contributed by atoms with Gasteiger partial charge < -0.3 is 14.9 Å². The monoisotopic (exact) mass is 242 g/mol. The van der Waals surface area contributed by atoms with Gasteiger partial charge in [-0.3, -0.25) is 0 Å². The molecule has 0 aliphatic heterocycles. The summed E-state index contributed by atoms with van der Waals surface area (Å²) in [5.74, 6) is -3.64. The zero-order chi connectivity index (χ0) is 13.0. The molecular weight excluding hydrogens is 231 g/mol. The summed E-state index contributed by atoms with van der Waals surface area (Å²) in [7, 11) is 0. The van der Waals surface area contributed by atoms with Crippen molar-refractivity contribution in [1.82, 2.24) is 0 Å². The molecule has 1 aromatic rings. The Morgan fingerprint density at radius 3 is 2.47 bits per heavy atom. The highest BCUT2D eigenvalue weighted by Crippen LogP contribution is 2.20. The largest absolute Gasteiger partial charge is 0.479 e. The zero-order valence-corrected chi connectivity index (χ0v) is 9.01. The van der Waals surface area contributed by atoms with E-state index in [0.29, 0.717) is 0 Å². The van der Waals surface area contributed by atoms with Crippen molar-refractivity contribution < 1.29 is 28.9 Å². The first-order valence-electron chi connectivity index (χ1n) is 4.88. The van der Waals surface area contributed by atoms with Crippen LogP contribution >= 0.6 is 0 Å². The molecule has 0 saturated heterocycles. The van der Waals surface area contributed by atoms with Crippen LogP contribution in [0, 0.1) is 5.82 Å². The van der Waals surface area contributed by atoms with Crippen molar-refractivity contribution in [3.05, 3.63) is 29.6 Å². The highest BCUT2D eigenvalue weighted by Gasteiger charge is 2.19. The standard InChI is InChI=1S/C11H11FO5/c1-2-8(11(15)16)17-9-4-3-6(10(13)14)5-7(9)12/h3-5,8H,2H2,1H3,(H,13,14)(H,15,16). The van der Waals surface area contributed by atoms with E-state index in [0.717, 1.165) is 18.2 Å². The number of aromatic carboxylic acids is 1. The molecule has 5 nitrogen and oxygen atoms in total. The third-order valence-electron chi connectivity index (χ3n) is 2.09. The normalized spacial score (nSPS) is 11.9. The maximum atomic E-state index is 13.4. The van der Waals surface area contributed by atoms with Gasteiger partial charge in [-0.1, -0.05) is 6.92 Å². The number of ether oxygens (including phenoxy) is 1. The maximum absolute atomic E-state index is 13.4. The average molecular weight is 242 g/mol. The second-order valence-corrected chi connectivity index (χ2v) is 3.30. The molecule has 1 aromatic carbocycles. The van der Waals surface area contributed by atoms with Crippen LogP contribution in [0.1, 0.15) is 23.7 Å². The quantitative estimate of drug-likeness (QED) is 0.821. The number of hydrogen-bond donors (Lipinski definition) is 2. The summed E-state index contributed by atoms with van der Waals surface area (Å²) < 4.78 is 18.3. The molecule has 1 rings (SSSR count). The molecule has 0 aliphatic rings. The van der Waals surface area contributed by atoms with E-state index < -0.39 is 23.9 Å². The van der Waals surface area contributed by atoms with Crippen molar-refractivity contribution in [2.24, 2.45) is 0 Å². The molecule has 92 valence electrons. The predicted octanol–water partition coefficient (Wildman–Crippen LogP) is 1.77. The third kappa shape index (κ3) is 3.17. The number of halogens is 1. The summed E-state index contributed by atoms with van der Waals surface area (Å²) in [6.45, 7) is 1.59. The third-order valence-corrected chi connectivity index (χ3v) is 2.09. The second-order valence-electron chi connectivity index (χ2n) is 3.30. The number of carboxylic acid groups (broad SMARTS) is 2. The van der Waals surface area contributed by atoms with Gasteiger partial charge in [0, 0.05) is 0 Å². The maximum Gasteiger partial charge on any atom is 0.344 e. The SMILES string of the molecule is CCC(Oc1ccc(C(=O)O)cc1F)C(=O)O. The minimum absolute atomic E-state index is 0.176. The fraction of sp³-hybridized carbons (Fsp3) is 0.273. The molecule has 0 fully saturated rings. The predicted molar refractivity (Wildman–Crippen MR) is 55.7 cm³/mol. The van der Waals surface area contributed by atoms with E-state index in [9.17, 15) is 14.0 Å². The Labute approximate surface area is 96.4 Å². The molecular formula is C11H11FO5. The molecule has 0 heterocycles. The fourth-order valence-electron chi connectivity index (χ4n) is 1.19. The van der Waals surface area contributed by atoms with Crippen LogP contribution in [0.4, 0.5) is 4.39 Å². The highest BCUT2D eigenvalue weighted by molar-refractivity contribution is 5.87. The number of benzene rings is 1. The second kappa shape index (κ2) is 5.29. The molecule has 0 bridgehead atoms. The van der Waals surface area contributed by atoms with Crippen molar-refractivity contribution in [1.29, 1.82) is 0 Å². The van der Waals surface area contributed by atoms with Gasteiger partial charge in [-0.2, -0.15) is 0 Å². The Balaban J connectivity index is 2.93. The van der Waals surface area contributed by atoms with Crippen LogP contribution < -0.4 is 4.74 Å². The van der Waals surface area contributed by atoms with E-state index in [2.05, 4.69) is 0 Å².